The largest absolute Gasteiger partial charge is 0.481 e. The molecule has 2 aromatic carbocycles. The van der Waals surface area contributed by atoms with Crippen molar-refractivity contribution in [1.29, 1.82) is 0 Å². The van der Waals surface area contributed by atoms with Gasteiger partial charge in [-0.1, -0.05) is 73.5 Å². The van der Waals surface area contributed by atoms with Gasteiger partial charge in [-0.3, -0.25) is 9.59 Å². The summed E-state index contributed by atoms with van der Waals surface area (Å²) in [4.78, 5) is 40.1. The van der Waals surface area contributed by atoms with Gasteiger partial charge in [0.05, 0.1) is 6.42 Å². The van der Waals surface area contributed by atoms with Crippen LogP contribution in [0.25, 0.3) is 22.5 Å². The maximum Gasteiger partial charge on any atom is 0.326 e. The number of aliphatic carboxylic acids is 2. The molecule has 0 radical (unpaired) electrons. The fourth-order valence-corrected chi connectivity index (χ4v) is 4.44. The van der Waals surface area contributed by atoms with Crippen LogP contribution in [0.15, 0.2) is 48.5 Å². The van der Waals surface area contributed by atoms with E-state index in [-0.39, 0.29) is 17.4 Å². The van der Waals surface area contributed by atoms with E-state index in [1.54, 1.807) is 4.57 Å². The Kier molecular flexibility index (Phi) is 8.67. The first kappa shape index (κ1) is 27.5. The van der Waals surface area contributed by atoms with Crippen LogP contribution in [-0.4, -0.2) is 64.3 Å². The molecule has 4 N–H and O–H groups in total. The molecular weight excluding hydrogens is 526 g/mol. The van der Waals surface area contributed by atoms with E-state index in [4.69, 9.17) is 16.7 Å². The van der Waals surface area contributed by atoms with E-state index in [0.717, 1.165) is 35.1 Å². The van der Waals surface area contributed by atoms with E-state index in [2.05, 4.69) is 30.9 Å². The Morgan fingerprint density at radius 1 is 1.08 bits per heavy atom. The Balaban J connectivity index is 1.64. The molecule has 0 aliphatic rings. The molecular formula is C26H26ClN7O5. The van der Waals surface area contributed by atoms with Crippen LogP contribution in [0, 0.1) is 0 Å². The van der Waals surface area contributed by atoms with Crippen molar-refractivity contribution in [1.82, 2.24) is 35.5 Å². The number of benzene rings is 2. The van der Waals surface area contributed by atoms with Crippen LogP contribution in [0.4, 0.5) is 0 Å². The standard InChI is InChI=1S/C26H26ClN7O5/c1-2-3-8-20-29-23(27)22(25(37)28-19(26(38)39)13-21(35)36)34(20)14-15-9-11-16(12-10-15)17-6-4-5-7-18(17)24-30-32-33-31-24/h4-7,9-12,19H,2-3,8,13-14H2,1H3,(H,28,37)(H,35,36)(H,38,39)(H,30,31,32,33). The van der Waals surface area contributed by atoms with Crippen molar-refractivity contribution in [2.24, 2.45) is 0 Å². The van der Waals surface area contributed by atoms with Crippen molar-refractivity contribution in [3.8, 4) is 22.5 Å². The zero-order valence-electron chi connectivity index (χ0n) is 21.0. The highest BCUT2D eigenvalue weighted by Crippen LogP contribution is 2.30. The van der Waals surface area contributed by atoms with Gasteiger partial charge in [-0.15, -0.1) is 10.2 Å². The van der Waals surface area contributed by atoms with Gasteiger partial charge in [0.1, 0.15) is 17.6 Å². The molecule has 1 amide bonds. The molecule has 4 aromatic rings. The molecule has 0 aliphatic heterocycles. The van der Waals surface area contributed by atoms with Crippen LogP contribution in [0.5, 0.6) is 0 Å². The second kappa shape index (κ2) is 12.3. The molecule has 4 rings (SSSR count). The van der Waals surface area contributed by atoms with Crippen molar-refractivity contribution in [2.75, 3.05) is 0 Å². The molecule has 0 spiro atoms. The summed E-state index contributed by atoms with van der Waals surface area (Å²) >= 11 is 6.35. The normalized spacial score (nSPS) is 11.7. The highest BCUT2D eigenvalue weighted by molar-refractivity contribution is 6.32. The van der Waals surface area contributed by atoms with Gasteiger partial charge in [-0.05, 0) is 28.3 Å². The van der Waals surface area contributed by atoms with Gasteiger partial charge >= 0.3 is 11.9 Å². The number of nitrogens with zero attached hydrogens (tertiary/aromatic N) is 5. The Morgan fingerprint density at radius 3 is 2.41 bits per heavy atom. The summed E-state index contributed by atoms with van der Waals surface area (Å²) in [6.45, 7) is 2.27. The summed E-state index contributed by atoms with van der Waals surface area (Å²) in [5.41, 5.74) is 3.47. The smallest absolute Gasteiger partial charge is 0.326 e. The summed E-state index contributed by atoms with van der Waals surface area (Å²) in [5.74, 6) is -2.58. The first-order chi connectivity index (χ1) is 18.8. The number of rotatable bonds is 12. The minimum Gasteiger partial charge on any atom is -0.481 e. The minimum atomic E-state index is -1.62. The molecule has 0 saturated heterocycles. The van der Waals surface area contributed by atoms with Crippen LogP contribution in [-0.2, 0) is 22.6 Å². The van der Waals surface area contributed by atoms with Crippen molar-refractivity contribution in [2.45, 2.75) is 45.2 Å². The number of H-pyrrole nitrogens is 1. The number of carbonyl (C=O) groups is 3. The van der Waals surface area contributed by atoms with Crippen LogP contribution < -0.4 is 5.32 Å². The van der Waals surface area contributed by atoms with Gasteiger partial charge in [-0.25, -0.2) is 9.78 Å². The van der Waals surface area contributed by atoms with Gasteiger partial charge in [0.2, 0.25) is 5.82 Å². The average molecular weight is 552 g/mol. The lowest BCUT2D eigenvalue weighted by Crippen LogP contribution is -2.43. The molecule has 13 heteroatoms. The second-order valence-electron chi connectivity index (χ2n) is 8.80. The zero-order chi connectivity index (χ0) is 27.9. The van der Waals surface area contributed by atoms with E-state index in [0.29, 0.717) is 18.1 Å². The highest BCUT2D eigenvalue weighted by atomic mass is 35.5. The van der Waals surface area contributed by atoms with Crippen molar-refractivity contribution in [3.63, 3.8) is 0 Å². The first-order valence-electron chi connectivity index (χ1n) is 12.2. The van der Waals surface area contributed by atoms with E-state index in [9.17, 15) is 19.5 Å². The van der Waals surface area contributed by atoms with Gasteiger partial charge in [0, 0.05) is 18.5 Å². The quantitative estimate of drug-likeness (QED) is 0.205. The molecule has 202 valence electrons. The molecule has 1 unspecified atom stereocenters. The lowest BCUT2D eigenvalue weighted by atomic mass is 9.98. The number of unbranched alkanes of at least 4 members (excludes halogenated alkanes) is 1. The minimum absolute atomic E-state index is 0.0223. The van der Waals surface area contributed by atoms with E-state index in [1.807, 2.05) is 55.5 Å². The summed E-state index contributed by atoms with van der Waals surface area (Å²) in [7, 11) is 0. The molecule has 2 heterocycles. The van der Waals surface area contributed by atoms with Crippen molar-refractivity contribution < 1.29 is 24.6 Å². The number of hydrogen-bond acceptors (Lipinski definition) is 7. The third-order valence-electron chi connectivity index (χ3n) is 6.07. The van der Waals surface area contributed by atoms with Crippen molar-refractivity contribution >= 4 is 29.4 Å². The van der Waals surface area contributed by atoms with Crippen LogP contribution in [0.2, 0.25) is 5.15 Å². The fourth-order valence-electron chi connectivity index (χ4n) is 4.16. The summed E-state index contributed by atoms with van der Waals surface area (Å²) in [6, 6.07) is 13.7. The Bertz CT molecular complexity index is 1470. The average Bonchev–Trinajstić information content (AvgIpc) is 3.55. The number of halogens is 1. The number of imidazole rings is 1. The number of amides is 1. The number of carboxylic acid groups (broad SMARTS) is 2. The Hall–Kier alpha value is -4.58. The molecule has 1 atom stereocenters. The number of carbonyl (C=O) groups excluding carboxylic acids is 1. The second-order valence-corrected chi connectivity index (χ2v) is 9.16. The van der Waals surface area contributed by atoms with Crippen LogP contribution in [0.1, 0.15) is 48.1 Å². The van der Waals surface area contributed by atoms with Gasteiger partial charge in [0.15, 0.2) is 5.15 Å². The highest BCUT2D eigenvalue weighted by Gasteiger charge is 2.28. The monoisotopic (exact) mass is 551 g/mol. The third kappa shape index (κ3) is 6.47. The Labute approximate surface area is 228 Å². The molecule has 0 fully saturated rings. The molecule has 12 nitrogen and oxygen atoms in total. The molecule has 0 saturated carbocycles. The summed E-state index contributed by atoms with van der Waals surface area (Å²) < 4.78 is 1.65. The van der Waals surface area contributed by atoms with Gasteiger partial charge < -0.3 is 20.1 Å². The number of aromatic nitrogens is 6. The number of hydrogen-bond donors (Lipinski definition) is 4. The fraction of sp³-hybridized carbons (Fsp3) is 0.269. The third-order valence-corrected chi connectivity index (χ3v) is 6.34. The lowest BCUT2D eigenvalue weighted by molar-refractivity contribution is -0.145. The zero-order valence-corrected chi connectivity index (χ0v) is 21.7. The number of nitrogens with one attached hydrogen (secondary N) is 2. The lowest BCUT2D eigenvalue weighted by Gasteiger charge is -2.16. The number of carboxylic acids is 2. The molecule has 0 bridgehead atoms. The summed E-state index contributed by atoms with van der Waals surface area (Å²) in [6.07, 6.45) is 1.47. The predicted octanol–water partition coefficient (Wildman–Crippen LogP) is 3.43. The summed E-state index contributed by atoms with van der Waals surface area (Å²) in [5, 5.41) is 34.8. The van der Waals surface area contributed by atoms with Crippen LogP contribution in [0.3, 0.4) is 0 Å². The maximum atomic E-state index is 13.1. The van der Waals surface area contributed by atoms with Gasteiger partial charge in [-0.2, -0.15) is 5.21 Å². The van der Waals surface area contributed by atoms with E-state index in [1.165, 1.54) is 0 Å². The topological polar surface area (TPSA) is 176 Å². The predicted molar refractivity (Wildman–Crippen MR) is 141 cm³/mol. The molecule has 2 aromatic heterocycles. The van der Waals surface area contributed by atoms with E-state index < -0.39 is 30.3 Å². The molecule has 39 heavy (non-hydrogen) atoms. The number of aryl methyl sites for hydroxylation is 1. The first-order valence-corrected chi connectivity index (χ1v) is 12.6. The van der Waals surface area contributed by atoms with Crippen molar-refractivity contribution in [3.05, 3.63) is 70.8 Å². The SMILES string of the molecule is CCCCc1nc(Cl)c(C(=O)NC(CC(=O)O)C(=O)O)n1Cc1ccc(-c2ccccc2-c2nn[nH]n2)cc1. The number of tetrazole rings is 1. The number of aromatic amines is 1. The van der Waals surface area contributed by atoms with Crippen LogP contribution >= 0.6 is 11.6 Å². The maximum absolute atomic E-state index is 13.1. The molecule has 0 aliphatic carbocycles. The van der Waals surface area contributed by atoms with Gasteiger partial charge in [0.25, 0.3) is 5.91 Å². The Morgan fingerprint density at radius 2 is 1.79 bits per heavy atom. The van der Waals surface area contributed by atoms with E-state index >= 15 is 0 Å².